The van der Waals surface area contributed by atoms with Crippen LogP contribution in [0.5, 0.6) is 0 Å². The second-order valence-electron chi connectivity index (χ2n) is 3.36. The molecule has 2 N–H and O–H groups in total. The first-order valence-electron chi connectivity index (χ1n) is 4.31. The molecule has 2 unspecified atom stereocenters. The fourth-order valence-corrected chi connectivity index (χ4v) is 1.86. The Kier molecular flexibility index (Phi) is 1.84. The Morgan fingerprint density at radius 2 is 2.42 bits per heavy atom. The molecule has 0 aromatic rings. The lowest BCUT2D eigenvalue weighted by Crippen LogP contribution is -2.45. The van der Waals surface area contributed by atoms with Crippen LogP contribution in [0.25, 0.3) is 0 Å². The van der Waals surface area contributed by atoms with Crippen molar-refractivity contribution in [2.45, 2.75) is 25.4 Å². The van der Waals surface area contributed by atoms with Gasteiger partial charge in [-0.15, -0.1) is 0 Å². The third kappa shape index (κ3) is 1.22. The zero-order valence-electron chi connectivity index (χ0n) is 6.79. The van der Waals surface area contributed by atoms with Crippen LogP contribution in [0, 0.1) is 5.92 Å². The molecule has 4 heteroatoms. The quantitative estimate of drug-likeness (QED) is 0.547. The Balaban J connectivity index is 2.20. The zero-order valence-corrected chi connectivity index (χ0v) is 6.79. The number of fused-ring (bicyclic) bond motifs is 1. The molecular weight excluding hydrogens is 156 g/mol. The maximum absolute atomic E-state index is 10.8. The molecular formula is C8H12N2O2. The van der Waals surface area contributed by atoms with Crippen molar-refractivity contribution < 1.29 is 9.90 Å². The zero-order chi connectivity index (χ0) is 8.55. The summed E-state index contributed by atoms with van der Waals surface area (Å²) < 4.78 is 0. The Morgan fingerprint density at radius 1 is 1.58 bits per heavy atom. The van der Waals surface area contributed by atoms with Gasteiger partial charge in [-0.25, -0.2) is 9.79 Å². The average Bonchev–Trinajstić information content (AvgIpc) is 2.04. The third-order valence-corrected chi connectivity index (χ3v) is 2.54. The van der Waals surface area contributed by atoms with Crippen molar-refractivity contribution in [2.75, 3.05) is 6.54 Å². The van der Waals surface area contributed by atoms with Gasteiger partial charge in [0, 0.05) is 18.2 Å². The molecule has 0 saturated heterocycles. The normalized spacial score (nSPS) is 35.1. The van der Waals surface area contributed by atoms with Crippen LogP contribution in [0.3, 0.4) is 0 Å². The first-order valence-corrected chi connectivity index (χ1v) is 4.31. The van der Waals surface area contributed by atoms with Crippen molar-refractivity contribution in [1.29, 1.82) is 0 Å². The lowest BCUT2D eigenvalue weighted by atomic mass is 9.84. The second kappa shape index (κ2) is 2.86. The lowest BCUT2D eigenvalue weighted by Gasteiger charge is -2.31. The molecule has 0 bridgehead atoms. The van der Waals surface area contributed by atoms with Crippen LogP contribution >= 0.6 is 0 Å². The number of aliphatic imine (C=N–C) groups is 1. The predicted molar refractivity (Wildman–Crippen MR) is 44.2 cm³/mol. The van der Waals surface area contributed by atoms with Gasteiger partial charge >= 0.3 is 6.03 Å². The number of nitrogens with zero attached hydrogens (tertiary/aromatic N) is 1. The van der Waals surface area contributed by atoms with E-state index in [9.17, 15) is 9.90 Å². The minimum Gasteiger partial charge on any atom is -0.392 e. The van der Waals surface area contributed by atoms with Gasteiger partial charge < -0.3 is 10.4 Å². The summed E-state index contributed by atoms with van der Waals surface area (Å²) in [5.41, 5.74) is 0.887. The molecule has 0 aromatic heterocycles. The van der Waals surface area contributed by atoms with E-state index in [0.717, 1.165) is 25.0 Å². The van der Waals surface area contributed by atoms with Crippen LogP contribution in [0.4, 0.5) is 4.79 Å². The van der Waals surface area contributed by atoms with Gasteiger partial charge in [-0.05, 0) is 19.3 Å². The molecule has 0 spiro atoms. The Morgan fingerprint density at radius 3 is 3.25 bits per heavy atom. The molecule has 4 nitrogen and oxygen atoms in total. The summed E-state index contributed by atoms with van der Waals surface area (Å²) in [7, 11) is 0. The maximum Gasteiger partial charge on any atom is 0.340 e. The highest BCUT2D eigenvalue weighted by atomic mass is 16.3. The van der Waals surface area contributed by atoms with Gasteiger partial charge in [0.1, 0.15) is 0 Å². The number of aliphatic hydroxyl groups is 1. The molecule has 1 heterocycles. The summed E-state index contributed by atoms with van der Waals surface area (Å²) in [6, 6.07) is -0.254. The van der Waals surface area contributed by atoms with Crippen molar-refractivity contribution in [2.24, 2.45) is 10.9 Å². The van der Waals surface area contributed by atoms with Gasteiger partial charge in [-0.3, -0.25) is 0 Å². The van der Waals surface area contributed by atoms with Gasteiger partial charge in [0.05, 0.1) is 6.10 Å². The number of carbonyl (C=O) groups is 1. The van der Waals surface area contributed by atoms with E-state index in [-0.39, 0.29) is 18.1 Å². The van der Waals surface area contributed by atoms with Gasteiger partial charge in [0.25, 0.3) is 0 Å². The summed E-state index contributed by atoms with van der Waals surface area (Å²) in [5, 5.41) is 12.2. The smallest absolute Gasteiger partial charge is 0.340 e. The number of amides is 2. The number of nitrogens with one attached hydrogen (secondary N) is 1. The molecule has 2 rings (SSSR count). The number of hydrogen-bond donors (Lipinski definition) is 2. The first-order chi connectivity index (χ1) is 5.77. The van der Waals surface area contributed by atoms with E-state index in [2.05, 4.69) is 10.3 Å². The standard InChI is InChI=1S/C8H12N2O2/c11-7-3-1-2-6-5(7)4-9-8(12)10-6/h5,7,11H,1-4H2,(H,9,12). The summed E-state index contributed by atoms with van der Waals surface area (Å²) >= 11 is 0. The van der Waals surface area contributed by atoms with Crippen LogP contribution in [-0.4, -0.2) is 29.5 Å². The van der Waals surface area contributed by atoms with E-state index in [1.54, 1.807) is 0 Å². The molecule has 0 aromatic carbocycles. The van der Waals surface area contributed by atoms with E-state index in [1.165, 1.54) is 0 Å². The van der Waals surface area contributed by atoms with Crippen molar-refractivity contribution in [3.63, 3.8) is 0 Å². The minimum atomic E-state index is -0.307. The molecule has 66 valence electrons. The summed E-state index contributed by atoms with van der Waals surface area (Å²) in [6.45, 7) is 0.554. The Labute approximate surface area is 70.7 Å². The second-order valence-corrected chi connectivity index (χ2v) is 3.36. The fraction of sp³-hybridized carbons (Fsp3) is 0.750. The van der Waals surface area contributed by atoms with E-state index in [4.69, 9.17) is 0 Å². The first kappa shape index (κ1) is 7.73. The molecule has 1 saturated carbocycles. The van der Waals surface area contributed by atoms with E-state index in [1.807, 2.05) is 0 Å². The topological polar surface area (TPSA) is 61.7 Å². The number of aliphatic hydroxyl groups excluding tert-OH is 1. The Hall–Kier alpha value is -0.900. The van der Waals surface area contributed by atoms with Gasteiger partial charge in [-0.1, -0.05) is 0 Å². The number of urea groups is 1. The fourth-order valence-electron chi connectivity index (χ4n) is 1.86. The van der Waals surface area contributed by atoms with Crippen molar-refractivity contribution in [3.8, 4) is 0 Å². The van der Waals surface area contributed by atoms with Crippen molar-refractivity contribution in [1.82, 2.24) is 5.32 Å². The van der Waals surface area contributed by atoms with Gasteiger partial charge in [0.15, 0.2) is 0 Å². The number of hydrogen-bond acceptors (Lipinski definition) is 2. The van der Waals surface area contributed by atoms with Gasteiger partial charge in [0.2, 0.25) is 0 Å². The molecule has 1 fully saturated rings. The van der Waals surface area contributed by atoms with Gasteiger partial charge in [-0.2, -0.15) is 0 Å². The molecule has 2 amide bonds. The minimum absolute atomic E-state index is 0.0800. The lowest BCUT2D eigenvalue weighted by molar-refractivity contribution is 0.115. The summed E-state index contributed by atoms with van der Waals surface area (Å²) in [6.07, 6.45) is 2.34. The molecule has 2 atom stereocenters. The van der Waals surface area contributed by atoms with Crippen LogP contribution in [-0.2, 0) is 0 Å². The number of rotatable bonds is 0. The van der Waals surface area contributed by atoms with Crippen molar-refractivity contribution >= 4 is 11.7 Å². The van der Waals surface area contributed by atoms with Crippen LogP contribution in [0.2, 0.25) is 0 Å². The van der Waals surface area contributed by atoms with E-state index in [0.29, 0.717) is 6.54 Å². The van der Waals surface area contributed by atoms with Crippen LogP contribution < -0.4 is 5.32 Å². The third-order valence-electron chi connectivity index (χ3n) is 2.54. The summed E-state index contributed by atoms with van der Waals surface area (Å²) in [5.74, 6) is 0.0800. The molecule has 12 heavy (non-hydrogen) atoms. The van der Waals surface area contributed by atoms with Crippen LogP contribution in [0.1, 0.15) is 19.3 Å². The van der Waals surface area contributed by atoms with E-state index >= 15 is 0 Å². The highest BCUT2D eigenvalue weighted by molar-refractivity contribution is 5.99. The molecule has 0 radical (unpaired) electrons. The van der Waals surface area contributed by atoms with Crippen molar-refractivity contribution in [3.05, 3.63) is 0 Å². The SMILES string of the molecule is O=C1N=C2CCCC(O)C2CN1. The Bertz CT molecular complexity index is 237. The number of carbonyl (C=O) groups excluding carboxylic acids is 1. The van der Waals surface area contributed by atoms with Crippen LogP contribution in [0.15, 0.2) is 4.99 Å². The largest absolute Gasteiger partial charge is 0.392 e. The average molecular weight is 168 g/mol. The molecule has 2 aliphatic rings. The van der Waals surface area contributed by atoms with E-state index < -0.39 is 0 Å². The molecule has 1 aliphatic carbocycles. The maximum atomic E-state index is 10.8. The molecule has 1 aliphatic heterocycles. The predicted octanol–water partition coefficient (Wildman–Crippen LogP) is 0.312. The summed E-state index contributed by atoms with van der Waals surface area (Å²) in [4.78, 5) is 14.7. The highest BCUT2D eigenvalue weighted by Gasteiger charge is 2.31. The monoisotopic (exact) mass is 168 g/mol. The highest BCUT2D eigenvalue weighted by Crippen LogP contribution is 2.23.